The average molecular weight is 222 g/mol. The first-order valence-electron chi connectivity index (χ1n) is 6.83. The zero-order valence-electron chi connectivity index (χ0n) is 10.9. The zero-order valence-corrected chi connectivity index (χ0v) is 10.9. The third kappa shape index (κ3) is 2.86. The van der Waals surface area contributed by atoms with Gasteiger partial charge in [0.05, 0.1) is 0 Å². The van der Waals surface area contributed by atoms with Gasteiger partial charge in [-0.1, -0.05) is 18.6 Å². The van der Waals surface area contributed by atoms with Crippen LogP contribution in [0.3, 0.4) is 0 Å². The lowest BCUT2D eigenvalue weighted by molar-refractivity contribution is 0.117. The quantitative estimate of drug-likeness (QED) is 0.738. The van der Waals surface area contributed by atoms with Crippen molar-refractivity contribution in [3.63, 3.8) is 0 Å². The lowest BCUT2D eigenvalue weighted by atomic mass is 9.77. The Morgan fingerprint density at radius 2 is 2.38 bits per heavy atom. The van der Waals surface area contributed by atoms with Gasteiger partial charge in [-0.15, -0.1) is 0 Å². The molecule has 2 heterocycles. The molecule has 0 aliphatic carbocycles. The van der Waals surface area contributed by atoms with Crippen molar-refractivity contribution in [2.75, 3.05) is 32.7 Å². The molecule has 2 nitrogen and oxygen atoms in total. The monoisotopic (exact) mass is 222 g/mol. The molecule has 1 atom stereocenters. The molecule has 0 radical (unpaired) electrons. The highest BCUT2D eigenvalue weighted by atomic mass is 15.1. The third-order valence-electron chi connectivity index (χ3n) is 4.39. The second-order valence-corrected chi connectivity index (χ2v) is 5.67. The van der Waals surface area contributed by atoms with Crippen molar-refractivity contribution in [1.82, 2.24) is 10.2 Å². The Kier molecular flexibility index (Phi) is 4.04. The van der Waals surface area contributed by atoms with E-state index in [-0.39, 0.29) is 0 Å². The number of hydrogen-bond donors (Lipinski definition) is 1. The molecule has 0 amide bonds. The van der Waals surface area contributed by atoms with Gasteiger partial charge in [0, 0.05) is 26.2 Å². The van der Waals surface area contributed by atoms with Crippen LogP contribution >= 0.6 is 0 Å². The number of nitrogens with zero attached hydrogens (tertiary/aromatic N) is 1. The van der Waals surface area contributed by atoms with Crippen molar-refractivity contribution in [3.8, 4) is 0 Å². The molecule has 0 saturated carbocycles. The standard InChI is InChI=1S/C14H26N2/c1-3-14(7-4-8-15-11-14)12-16-9-5-13(2)6-10-16/h5,15H,3-4,6-12H2,1-2H3. The summed E-state index contributed by atoms with van der Waals surface area (Å²) >= 11 is 0. The van der Waals surface area contributed by atoms with Gasteiger partial charge in [-0.25, -0.2) is 0 Å². The Bertz CT molecular complexity index is 251. The zero-order chi connectivity index (χ0) is 11.4. The predicted octanol–water partition coefficient (Wildman–Crippen LogP) is 2.42. The van der Waals surface area contributed by atoms with Crippen molar-refractivity contribution >= 4 is 0 Å². The fraction of sp³-hybridized carbons (Fsp3) is 0.857. The smallest absolute Gasteiger partial charge is 0.0166 e. The van der Waals surface area contributed by atoms with Crippen LogP contribution in [0.5, 0.6) is 0 Å². The Morgan fingerprint density at radius 1 is 1.50 bits per heavy atom. The summed E-state index contributed by atoms with van der Waals surface area (Å²) in [6.45, 7) is 10.8. The molecule has 92 valence electrons. The van der Waals surface area contributed by atoms with Crippen molar-refractivity contribution in [2.45, 2.75) is 39.5 Å². The van der Waals surface area contributed by atoms with Gasteiger partial charge in [-0.3, -0.25) is 4.90 Å². The molecular weight excluding hydrogens is 196 g/mol. The fourth-order valence-electron chi connectivity index (χ4n) is 3.01. The van der Waals surface area contributed by atoms with E-state index in [0.717, 1.165) is 0 Å². The van der Waals surface area contributed by atoms with Crippen LogP contribution in [0.15, 0.2) is 11.6 Å². The largest absolute Gasteiger partial charge is 0.316 e. The van der Waals surface area contributed by atoms with E-state index >= 15 is 0 Å². The van der Waals surface area contributed by atoms with Gasteiger partial charge in [0.1, 0.15) is 0 Å². The van der Waals surface area contributed by atoms with E-state index in [4.69, 9.17) is 0 Å². The van der Waals surface area contributed by atoms with Crippen LogP contribution in [0.4, 0.5) is 0 Å². The predicted molar refractivity (Wildman–Crippen MR) is 69.6 cm³/mol. The van der Waals surface area contributed by atoms with E-state index in [1.807, 2.05) is 0 Å². The molecule has 1 saturated heterocycles. The van der Waals surface area contributed by atoms with E-state index in [1.165, 1.54) is 58.4 Å². The fourth-order valence-corrected chi connectivity index (χ4v) is 3.01. The first-order valence-corrected chi connectivity index (χ1v) is 6.83. The molecule has 1 N–H and O–H groups in total. The summed E-state index contributed by atoms with van der Waals surface area (Å²) in [5.74, 6) is 0. The molecule has 2 rings (SSSR count). The molecule has 1 unspecified atom stereocenters. The summed E-state index contributed by atoms with van der Waals surface area (Å²) < 4.78 is 0. The lowest BCUT2D eigenvalue weighted by Crippen LogP contribution is -2.48. The summed E-state index contributed by atoms with van der Waals surface area (Å²) in [6, 6.07) is 0. The van der Waals surface area contributed by atoms with E-state index in [9.17, 15) is 0 Å². The van der Waals surface area contributed by atoms with Gasteiger partial charge in [0.25, 0.3) is 0 Å². The molecule has 0 aromatic rings. The topological polar surface area (TPSA) is 15.3 Å². The highest BCUT2D eigenvalue weighted by molar-refractivity contribution is 5.04. The van der Waals surface area contributed by atoms with E-state index in [0.29, 0.717) is 5.41 Å². The van der Waals surface area contributed by atoms with E-state index in [1.54, 1.807) is 5.57 Å². The SMILES string of the molecule is CCC1(CN2CC=C(C)CC2)CCCNC1. The Morgan fingerprint density at radius 3 is 2.94 bits per heavy atom. The first kappa shape index (κ1) is 12.1. The minimum Gasteiger partial charge on any atom is -0.316 e. The summed E-state index contributed by atoms with van der Waals surface area (Å²) in [5, 5.41) is 3.58. The molecule has 0 aromatic carbocycles. The van der Waals surface area contributed by atoms with Gasteiger partial charge >= 0.3 is 0 Å². The first-order chi connectivity index (χ1) is 7.74. The van der Waals surface area contributed by atoms with Crippen molar-refractivity contribution in [2.24, 2.45) is 5.41 Å². The van der Waals surface area contributed by atoms with Crippen molar-refractivity contribution in [1.29, 1.82) is 0 Å². The van der Waals surface area contributed by atoms with Crippen LogP contribution in [0.1, 0.15) is 39.5 Å². The second kappa shape index (κ2) is 5.33. The van der Waals surface area contributed by atoms with E-state index in [2.05, 4.69) is 30.1 Å². The third-order valence-corrected chi connectivity index (χ3v) is 4.39. The second-order valence-electron chi connectivity index (χ2n) is 5.67. The Hall–Kier alpha value is -0.340. The molecule has 0 aromatic heterocycles. The maximum Gasteiger partial charge on any atom is 0.0166 e. The highest BCUT2D eigenvalue weighted by Gasteiger charge is 2.32. The molecule has 1 fully saturated rings. The molecule has 0 spiro atoms. The van der Waals surface area contributed by atoms with Gasteiger partial charge in [0.2, 0.25) is 0 Å². The Balaban J connectivity index is 1.91. The van der Waals surface area contributed by atoms with Crippen LogP contribution in [0, 0.1) is 5.41 Å². The normalized spacial score (nSPS) is 32.5. The summed E-state index contributed by atoms with van der Waals surface area (Å²) in [4.78, 5) is 2.64. The van der Waals surface area contributed by atoms with Gasteiger partial charge in [-0.2, -0.15) is 0 Å². The average Bonchev–Trinajstić information content (AvgIpc) is 2.33. The van der Waals surface area contributed by atoms with Gasteiger partial charge in [-0.05, 0) is 44.6 Å². The molecule has 2 aliphatic rings. The number of hydrogen-bond acceptors (Lipinski definition) is 2. The minimum atomic E-state index is 0.553. The summed E-state index contributed by atoms with van der Waals surface area (Å²) in [7, 11) is 0. The molecule has 2 aliphatic heterocycles. The van der Waals surface area contributed by atoms with Gasteiger partial charge < -0.3 is 5.32 Å². The van der Waals surface area contributed by atoms with Crippen LogP contribution in [0.25, 0.3) is 0 Å². The van der Waals surface area contributed by atoms with Crippen molar-refractivity contribution < 1.29 is 0 Å². The molecule has 2 heteroatoms. The van der Waals surface area contributed by atoms with Gasteiger partial charge in [0.15, 0.2) is 0 Å². The van der Waals surface area contributed by atoms with E-state index < -0.39 is 0 Å². The maximum atomic E-state index is 3.58. The highest BCUT2D eigenvalue weighted by Crippen LogP contribution is 2.31. The van der Waals surface area contributed by atoms with Crippen LogP contribution in [0.2, 0.25) is 0 Å². The van der Waals surface area contributed by atoms with Crippen molar-refractivity contribution in [3.05, 3.63) is 11.6 Å². The summed E-state index contributed by atoms with van der Waals surface area (Å²) in [5.41, 5.74) is 2.13. The lowest BCUT2D eigenvalue weighted by Gasteiger charge is -2.41. The number of piperidine rings is 1. The molecular formula is C14H26N2. The number of nitrogens with one attached hydrogen (secondary N) is 1. The van der Waals surface area contributed by atoms with Crippen LogP contribution in [-0.2, 0) is 0 Å². The maximum absolute atomic E-state index is 3.58. The number of rotatable bonds is 3. The molecule has 16 heavy (non-hydrogen) atoms. The van der Waals surface area contributed by atoms with Crippen LogP contribution < -0.4 is 5.32 Å². The van der Waals surface area contributed by atoms with Crippen LogP contribution in [-0.4, -0.2) is 37.6 Å². The molecule has 0 bridgehead atoms. The summed E-state index contributed by atoms with van der Waals surface area (Å²) in [6.07, 6.45) is 7.77. The minimum absolute atomic E-state index is 0.553. The Labute approximate surface area is 100 Å².